The number of aliphatic carboxylic acids is 2. The molecule has 1 aliphatic carbocycles. The first-order valence-electron chi connectivity index (χ1n) is 5.87. The first-order chi connectivity index (χ1) is 9.37. The van der Waals surface area contributed by atoms with E-state index in [1.54, 1.807) is 24.3 Å². The summed E-state index contributed by atoms with van der Waals surface area (Å²) in [6, 6.07) is 5.79. The standard InChI is InChI=1S/C14H14N2O4/c15-10-3-1-2-8(6-10)9-4-5-14(12(17)18,13(19)20)11(16)7-9/h1-7,11H,15-16H2,(H,17,18)(H,19,20). The van der Waals surface area contributed by atoms with Crippen LogP contribution in [0, 0.1) is 5.41 Å². The summed E-state index contributed by atoms with van der Waals surface area (Å²) < 4.78 is 0. The second-order valence-corrected chi connectivity index (χ2v) is 4.59. The molecule has 1 aliphatic rings. The molecule has 1 aromatic carbocycles. The maximum atomic E-state index is 11.3. The molecule has 20 heavy (non-hydrogen) atoms. The van der Waals surface area contributed by atoms with Crippen molar-refractivity contribution in [1.82, 2.24) is 0 Å². The van der Waals surface area contributed by atoms with Gasteiger partial charge in [0.15, 0.2) is 0 Å². The van der Waals surface area contributed by atoms with Crippen LogP contribution in [-0.4, -0.2) is 28.2 Å². The van der Waals surface area contributed by atoms with Gasteiger partial charge in [-0.05, 0) is 23.3 Å². The molecular weight excluding hydrogens is 260 g/mol. The summed E-state index contributed by atoms with van der Waals surface area (Å²) in [5, 5.41) is 18.3. The van der Waals surface area contributed by atoms with Crippen molar-refractivity contribution < 1.29 is 19.8 Å². The van der Waals surface area contributed by atoms with Crippen molar-refractivity contribution >= 4 is 23.2 Å². The first-order valence-corrected chi connectivity index (χ1v) is 5.87. The number of carboxylic acids is 2. The van der Waals surface area contributed by atoms with Crippen LogP contribution >= 0.6 is 0 Å². The minimum absolute atomic E-state index is 0.554. The van der Waals surface area contributed by atoms with Gasteiger partial charge in [-0.25, -0.2) is 0 Å². The van der Waals surface area contributed by atoms with Crippen LogP contribution < -0.4 is 11.5 Å². The van der Waals surface area contributed by atoms with Gasteiger partial charge >= 0.3 is 11.9 Å². The average molecular weight is 274 g/mol. The number of benzene rings is 1. The predicted octanol–water partition coefficient (Wildman–Crippen LogP) is 0.705. The van der Waals surface area contributed by atoms with Gasteiger partial charge < -0.3 is 21.7 Å². The largest absolute Gasteiger partial charge is 0.480 e. The molecule has 6 nitrogen and oxygen atoms in total. The maximum Gasteiger partial charge on any atom is 0.326 e. The lowest BCUT2D eigenvalue weighted by Gasteiger charge is -2.29. The van der Waals surface area contributed by atoms with Crippen molar-refractivity contribution in [2.75, 3.05) is 5.73 Å². The van der Waals surface area contributed by atoms with Crippen molar-refractivity contribution in [2.24, 2.45) is 11.1 Å². The number of anilines is 1. The fourth-order valence-corrected chi connectivity index (χ4v) is 2.14. The normalized spacial score (nSPS) is 20.2. The third-order valence-electron chi connectivity index (χ3n) is 3.34. The number of carboxylic acid groups (broad SMARTS) is 2. The van der Waals surface area contributed by atoms with E-state index < -0.39 is 23.4 Å². The number of nitrogens with two attached hydrogens (primary N) is 2. The van der Waals surface area contributed by atoms with Gasteiger partial charge in [-0.1, -0.05) is 30.4 Å². The molecule has 0 aromatic heterocycles. The average Bonchev–Trinajstić information content (AvgIpc) is 2.37. The van der Waals surface area contributed by atoms with Crippen molar-refractivity contribution in [2.45, 2.75) is 6.04 Å². The van der Waals surface area contributed by atoms with Gasteiger partial charge in [-0.15, -0.1) is 0 Å². The summed E-state index contributed by atoms with van der Waals surface area (Å²) >= 11 is 0. The predicted molar refractivity (Wildman–Crippen MR) is 73.7 cm³/mol. The molecule has 6 heteroatoms. The highest BCUT2D eigenvalue weighted by Gasteiger charge is 2.50. The quantitative estimate of drug-likeness (QED) is 0.475. The second kappa shape index (κ2) is 4.82. The maximum absolute atomic E-state index is 11.3. The summed E-state index contributed by atoms with van der Waals surface area (Å²) in [6.45, 7) is 0. The fourth-order valence-electron chi connectivity index (χ4n) is 2.14. The molecule has 0 radical (unpaired) electrons. The fraction of sp³-hybridized carbons (Fsp3) is 0.143. The van der Waals surface area contributed by atoms with Crippen LogP contribution in [0.2, 0.25) is 0 Å². The number of carbonyl (C=O) groups is 2. The third kappa shape index (κ3) is 2.06. The highest BCUT2D eigenvalue weighted by atomic mass is 16.4. The van der Waals surface area contributed by atoms with Crippen LogP contribution in [0.1, 0.15) is 5.56 Å². The van der Waals surface area contributed by atoms with Gasteiger partial charge in [0.1, 0.15) is 0 Å². The molecule has 1 atom stereocenters. The Hall–Kier alpha value is -2.60. The number of hydrogen-bond donors (Lipinski definition) is 4. The van der Waals surface area contributed by atoms with Crippen molar-refractivity contribution in [3.05, 3.63) is 48.1 Å². The van der Waals surface area contributed by atoms with E-state index >= 15 is 0 Å². The summed E-state index contributed by atoms with van der Waals surface area (Å²) in [4.78, 5) is 22.5. The highest BCUT2D eigenvalue weighted by molar-refractivity contribution is 6.03. The number of rotatable bonds is 3. The van der Waals surface area contributed by atoms with E-state index in [-0.39, 0.29) is 0 Å². The molecule has 0 aliphatic heterocycles. The highest BCUT2D eigenvalue weighted by Crippen LogP contribution is 2.33. The van der Waals surface area contributed by atoms with Crippen molar-refractivity contribution in [3.63, 3.8) is 0 Å². The van der Waals surface area contributed by atoms with Gasteiger partial charge in [0.2, 0.25) is 5.41 Å². The lowest BCUT2D eigenvalue weighted by molar-refractivity contribution is -0.161. The Labute approximate surface area is 115 Å². The molecule has 0 saturated heterocycles. The lowest BCUT2D eigenvalue weighted by atomic mass is 9.75. The van der Waals surface area contributed by atoms with E-state index in [1.807, 2.05) is 0 Å². The zero-order valence-corrected chi connectivity index (χ0v) is 10.5. The Morgan fingerprint density at radius 1 is 1.20 bits per heavy atom. The van der Waals surface area contributed by atoms with E-state index in [0.29, 0.717) is 11.3 Å². The van der Waals surface area contributed by atoms with E-state index in [1.165, 1.54) is 12.2 Å². The Morgan fingerprint density at radius 2 is 1.85 bits per heavy atom. The molecule has 0 spiro atoms. The molecule has 104 valence electrons. The number of hydrogen-bond acceptors (Lipinski definition) is 4. The van der Waals surface area contributed by atoms with Crippen molar-refractivity contribution in [3.8, 4) is 0 Å². The lowest BCUT2D eigenvalue weighted by Crippen LogP contribution is -2.52. The molecule has 0 saturated carbocycles. The molecule has 0 amide bonds. The van der Waals surface area contributed by atoms with Crippen molar-refractivity contribution in [1.29, 1.82) is 0 Å². The summed E-state index contributed by atoms with van der Waals surface area (Å²) in [6.07, 6.45) is 3.98. The van der Waals surface area contributed by atoms with E-state index in [2.05, 4.69) is 0 Å². The Bertz CT molecular complexity index is 620. The molecule has 0 heterocycles. The van der Waals surface area contributed by atoms with Gasteiger partial charge in [0, 0.05) is 5.69 Å². The summed E-state index contributed by atoms with van der Waals surface area (Å²) in [7, 11) is 0. The first kappa shape index (κ1) is 13.8. The Kier molecular flexibility index (Phi) is 3.33. The van der Waals surface area contributed by atoms with E-state index in [4.69, 9.17) is 21.7 Å². The molecule has 1 aromatic rings. The molecule has 6 N–H and O–H groups in total. The molecule has 0 fully saturated rings. The van der Waals surface area contributed by atoms with Gasteiger partial charge in [0.25, 0.3) is 0 Å². The van der Waals surface area contributed by atoms with Crippen LogP contribution in [-0.2, 0) is 9.59 Å². The van der Waals surface area contributed by atoms with Crippen LogP contribution in [0.5, 0.6) is 0 Å². The molecule has 2 rings (SSSR count). The molecule has 1 unspecified atom stereocenters. The number of nitrogen functional groups attached to an aromatic ring is 1. The van der Waals surface area contributed by atoms with Gasteiger partial charge in [-0.3, -0.25) is 9.59 Å². The minimum Gasteiger partial charge on any atom is -0.480 e. The third-order valence-corrected chi connectivity index (χ3v) is 3.34. The van der Waals surface area contributed by atoms with Gasteiger partial charge in [-0.2, -0.15) is 0 Å². The zero-order valence-electron chi connectivity index (χ0n) is 10.5. The summed E-state index contributed by atoms with van der Waals surface area (Å²) in [5.74, 6) is -2.98. The smallest absolute Gasteiger partial charge is 0.326 e. The van der Waals surface area contributed by atoms with Crippen LogP contribution in [0.25, 0.3) is 5.57 Å². The SMILES string of the molecule is Nc1cccc(C2=CC(N)C(C(=O)O)(C(=O)O)C=C2)c1. The van der Waals surface area contributed by atoms with E-state index in [0.717, 1.165) is 11.6 Å². The topological polar surface area (TPSA) is 127 Å². The Morgan fingerprint density at radius 3 is 2.35 bits per heavy atom. The zero-order chi connectivity index (χ0) is 14.9. The Balaban J connectivity index is 2.44. The van der Waals surface area contributed by atoms with Crippen LogP contribution in [0.15, 0.2) is 42.5 Å². The monoisotopic (exact) mass is 274 g/mol. The van der Waals surface area contributed by atoms with Gasteiger partial charge in [0.05, 0.1) is 6.04 Å². The van der Waals surface area contributed by atoms with Crippen LogP contribution in [0.3, 0.4) is 0 Å². The minimum atomic E-state index is -2.14. The van der Waals surface area contributed by atoms with E-state index in [9.17, 15) is 9.59 Å². The summed E-state index contributed by atoms with van der Waals surface area (Å²) in [5.41, 5.74) is 11.3. The molecular formula is C14H14N2O4. The second-order valence-electron chi connectivity index (χ2n) is 4.59. The number of allylic oxidation sites excluding steroid dienone is 2. The van der Waals surface area contributed by atoms with Crippen LogP contribution in [0.4, 0.5) is 5.69 Å². The molecule has 0 bridgehead atoms.